The van der Waals surface area contributed by atoms with E-state index in [1.54, 1.807) is 39.0 Å². The zero-order chi connectivity index (χ0) is 26.6. The topological polar surface area (TPSA) is 124 Å². The van der Waals surface area contributed by atoms with Gasteiger partial charge in [-0.3, -0.25) is 9.59 Å². The molecule has 0 atom stereocenters. The Morgan fingerprint density at radius 2 is 1.72 bits per heavy atom. The number of ether oxygens (including phenoxy) is 2. The molecular formula is C24H27N3O7S2. The quantitative estimate of drug-likeness (QED) is 0.408. The molecule has 0 saturated carbocycles. The largest absolute Gasteiger partial charge is 0.468 e. The summed E-state index contributed by atoms with van der Waals surface area (Å²) in [7, 11) is -0.951. The minimum absolute atomic E-state index is 0.0596. The van der Waals surface area contributed by atoms with Gasteiger partial charge in [0.1, 0.15) is 6.54 Å². The summed E-state index contributed by atoms with van der Waals surface area (Å²) in [6.07, 6.45) is 0. The lowest BCUT2D eigenvalue weighted by Crippen LogP contribution is -2.33. The number of carbonyl (C=O) groups is 3. The van der Waals surface area contributed by atoms with E-state index < -0.39 is 27.9 Å². The number of aromatic nitrogens is 1. The Kier molecular flexibility index (Phi) is 8.43. The van der Waals surface area contributed by atoms with Gasteiger partial charge >= 0.3 is 11.9 Å². The van der Waals surface area contributed by atoms with Crippen molar-refractivity contribution in [2.45, 2.75) is 38.3 Å². The Hall–Kier alpha value is -3.35. The third-order valence-electron chi connectivity index (χ3n) is 5.41. The highest BCUT2D eigenvalue weighted by Gasteiger charge is 2.23. The number of esters is 2. The second-order valence-electron chi connectivity index (χ2n) is 8.01. The van der Waals surface area contributed by atoms with Crippen molar-refractivity contribution >= 4 is 49.4 Å². The number of thiazole rings is 1. The van der Waals surface area contributed by atoms with Crippen LogP contribution < -0.4 is 4.80 Å². The van der Waals surface area contributed by atoms with Crippen molar-refractivity contribution in [3.05, 3.63) is 58.4 Å². The molecule has 1 amide bonds. The molecule has 192 valence electrons. The van der Waals surface area contributed by atoms with Crippen LogP contribution in [0.1, 0.15) is 41.5 Å². The molecular weight excluding hydrogens is 506 g/mol. The minimum Gasteiger partial charge on any atom is -0.468 e. The maximum Gasteiger partial charge on any atom is 0.338 e. The summed E-state index contributed by atoms with van der Waals surface area (Å²) in [6, 6.07) is 10.1. The molecule has 0 spiro atoms. The SMILES string of the molecule is CCOC(=O)c1ccc2c(c1)sc(=NC(=O)c1ccc(S(=O)(=O)N(C)C(C)C)cc1)n2CC(=O)OC. The molecule has 36 heavy (non-hydrogen) atoms. The van der Waals surface area contributed by atoms with Crippen LogP contribution in [-0.4, -0.2) is 61.9 Å². The number of carbonyl (C=O) groups excluding carboxylic acids is 3. The van der Waals surface area contributed by atoms with Crippen molar-refractivity contribution in [2.75, 3.05) is 20.8 Å². The van der Waals surface area contributed by atoms with E-state index >= 15 is 0 Å². The van der Waals surface area contributed by atoms with Gasteiger partial charge in [-0.15, -0.1) is 0 Å². The average Bonchev–Trinajstić information content (AvgIpc) is 3.19. The van der Waals surface area contributed by atoms with Gasteiger partial charge in [0.25, 0.3) is 5.91 Å². The van der Waals surface area contributed by atoms with Gasteiger partial charge < -0.3 is 14.0 Å². The standard InChI is InChI=1S/C24H27N3O7S2/c1-6-34-23(30)17-9-12-19-20(13-17)35-24(27(19)14-21(28)33-5)25-22(29)16-7-10-18(11-8-16)36(31,32)26(4)15(2)3/h7-13,15H,6,14H2,1-5H3. The predicted octanol–water partition coefficient (Wildman–Crippen LogP) is 2.82. The third kappa shape index (κ3) is 5.72. The first kappa shape index (κ1) is 27.2. The Balaban J connectivity index is 2.03. The highest BCUT2D eigenvalue weighted by molar-refractivity contribution is 7.89. The molecule has 0 aliphatic carbocycles. The molecule has 1 heterocycles. The molecule has 2 aromatic carbocycles. The number of fused-ring (bicyclic) bond motifs is 1. The van der Waals surface area contributed by atoms with E-state index in [1.807, 2.05) is 0 Å². The van der Waals surface area contributed by atoms with Crippen molar-refractivity contribution < 1.29 is 32.3 Å². The Bertz CT molecular complexity index is 1470. The molecule has 0 radical (unpaired) electrons. The molecule has 0 N–H and O–H groups in total. The second-order valence-corrected chi connectivity index (χ2v) is 11.0. The second kappa shape index (κ2) is 11.1. The average molecular weight is 534 g/mol. The van der Waals surface area contributed by atoms with E-state index in [1.165, 1.54) is 47.3 Å². The number of hydrogen-bond acceptors (Lipinski definition) is 8. The highest BCUT2D eigenvalue weighted by Crippen LogP contribution is 2.21. The first-order valence-electron chi connectivity index (χ1n) is 11.0. The van der Waals surface area contributed by atoms with Crippen LogP contribution in [0.2, 0.25) is 0 Å². The van der Waals surface area contributed by atoms with Crippen molar-refractivity contribution in [1.29, 1.82) is 0 Å². The van der Waals surface area contributed by atoms with Crippen LogP contribution in [0, 0.1) is 0 Å². The first-order chi connectivity index (χ1) is 17.0. The number of sulfonamides is 1. The number of rotatable bonds is 8. The van der Waals surface area contributed by atoms with Crippen molar-refractivity contribution in [3.8, 4) is 0 Å². The van der Waals surface area contributed by atoms with Crippen LogP contribution in [0.4, 0.5) is 0 Å². The van der Waals surface area contributed by atoms with Crippen LogP contribution in [0.25, 0.3) is 10.2 Å². The molecule has 0 fully saturated rings. The number of benzene rings is 2. The summed E-state index contributed by atoms with van der Waals surface area (Å²) in [5, 5.41) is 0. The summed E-state index contributed by atoms with van der Waals surface area (Å²) in [5.74, 6) is -1.64. The monoisotopic (exact) mass is 533 g/mol. The number of amides is 1. The first-order valence-corrected chi connectivity index (χ1v) is 13.3. The number of methoxy groups -OCH3 is 1. The van der Waals surface area contributed by atoms with Crippen molar-refractivity contribution in [1.82, 2.24) is 8.87 Å². The summed E-state index contributed by atoms with van der Waals surface area (Å²) < 4.78 is 38.6. The Labute approximate surface area is 212 Å². The molecule has 0 aliphatic heterocycles. The van der Waals surface area contributed by atoms with E-state index in [4.69, 9.17) is 9.47 Å². The number of nitrogens with zero attached hydrogens (tertiary/aromatic N) is 3. The van der Waals surface area contributed by atoms with Crippen molar-refractivity contribution in [2.24, 2.45) is 4.99 Å². The number of hydrogen-bond donors (Lipinski definition) is 0. The van der Waals surface area contributed by atoms with Crippen LogP contribution in [0.15, 0.2) is 52.4 Å². The van der Waals surface area contributed by atoms with Gasteiger partial charge in [0, 0.05) is 18.7 Å². The molecule has 0 unspecified atom stereocenters. The van der Waals surface area contributed by atoms with Gasteiger partial charge in [0.15, 0.2) is 4.80 Å². The normalized spacial score (nSPS) is 12.4. The van der Waals surface area contributed by atoms with Gasteiger partial charge in [-0.1, -0.05) is 11.3 Å². The molecule has 3 aromatic rings. The lowest BCUT2D eigenvalue weighted by Gasteiger charge is -2.20. The van der Waals surface area contributed by atoms with Crippen LogP contribution in [-0.2, 0) is 30.8 Å². The lowest BCUT2D eigenvalue weighted by molar-refractivity contribution is -0.141. The molecule has 0 bridgehead atoms. The van der Waals surface area contributed by atoms with Gasteiger partial charge in [-0.05, 0) is 63.2 Å². The van der Waals surface area contributed by atoms with Crippen LogP contribution >= 0.6 is 11.3 Å². The summed E-state index contributed by atoms with van der Waals surface area (Å²) in [4.78, 5) is 41.5. The third-order valence-corrected chi connectivity index (χ3v) is 8.50. The summed E-state index contributed by atoms with van der Waals surface area (Å²) >= 11 is 1.12. The van der Waals surface area contributed by atoms with Gasteiger partial charge in [0.2, 0.25) is 10.0 Å². The molecule has 1 aromatic heterocycles. The van der Waals surface area contributed by atoms with Crippen molar-refractivity contribution in [3.63, 3.8) is 0 Å². The van der Waals surface area contributed by atoms with E-state index in [0.29, 0.717) is 15.8 Å². The van der Waals surface area contributed by atoms with Gasteiger partial charge in [-0.2, -0.15) is 9.30 Å². The molecule has 0 saturated heterocycles. The van der Waals surface area contributed by atoms with E-state index in [9.17, 15) is 22.8 Å². The fourth-order valence-electron chi connectivity index (χ4n) is 3.21. The molecule has 12 heteroatoms. The van der Waals surface area contributed by atoms with E-state index in [-0.39, 0.29) is 34.5 Å². The lowest BCUT2D eigenvalue weighted by atomic mass is 10.2. The Morgan fingerprint density at radius 1 is 1.08 bits per heavy atom. The Morgan fingerprint density at radius 3 is 2.31 bits per heavy atom. The summed E-state index contributed by atoms with van der Waals surface area (Å²) in [5.41, 5.74) is 1.09. The van der Waals surface area contributed by atoms with Crippen LogP contribution in [0.3, 0.4) is 0 Å². The smallest absolute Gasteiger partial charge is 0.338 e. The summed E-state index contributed by atoms with van der Waals surface area (Å²) in [6.45, 7) is 5.27. The van der Waals surface area contributed by atoms with Gasteiger partial charge in [0.05, 0.1) is 34.4 Å². The molecule has 10 nitrogen and oxygen atoms in total. The fourth-order valence-corrected chi connectivity index (χ4v) is 5.65. The maximum atomic E-state index is 12.9. The molecule has 0 aliphatic rings. The highest BCUT2D eigenvalue weighted by atomic mass is 32.2. The fraction of sp³-hybridized carbons (Fsp3) is 0.333. The van der Waals surface area contributed by atoms with Crippen LogP contribution in [0.5, 0.6) is 0 Å². The zero-order valence-electron chi connectivity index (χ0n) is 20.5. The zero-order valence-corrected chi connectivity index (χ0v) is 22.2. The predicted molar refractivity (Wildman–Crippen MR) is 134 cm³/mol. The van der Waals surface area contributed by atoms with Gasteiger partial charge in [-0.25, -0.2) is 13.2 Å². The van der Waals surface area contributed by atoms with E-state index in [2.05, 4.69) is 4.99 Å². The molecule has 3 rings (SSSR count). The maximum absolute atomic E-state index is 12.9. The minimum atomic E-state index is -3.70. The van der Waals surface area contributed by atoms with E-state index in [0.717, 1.165) is 11.3 Å².